The van der Waals surface area contributed by atoms with Crippen LogP contribution in [0.4, 0.5) is 0 Å². The fourth-order valence-electron chi connectivity index (χ4n) is 2.25. The highest BCUT2D eigenvalue weighted by atomic mass is 16.6. The Bertz CT molecular complexity index is 579. The van der Waals surface area contributed by atoms with Gasteiger partial charge in [0, 0.05) is 18.4 Å². The maximum absolute atomic E-state index is 12.1. The fraction of sp³-hybridized carbons (Fsp3) is 0.357. The lowest BCUT2D eigenvalue weighted by Crippen LogP contribution is -2.34. The van der Waals surface area contributed by atoms with Crippen LogP contribution in [0.1, 0.15) is 23.2 Å². The first-order valence-electron chi connectivity index (χ1n) is 6.41. The Morgan fingerprint density at radius 1 is 1.05 bits per heavy atom. The Balaban J connectivity index is 1.77. The van der Waals surface area contributed by atoms with E-state index in [1.165, 1.54) is 0 Å². The van der Waals surface area contributed by atoms with E-state index >= 15 is 0 Å². The van der Waals surface area contributed by atoms with Gasteiger partial charge in [0.2, 0.25) is 11.8 Å². The molecule has 2 aliphatic heterocycles. The van der Waals surface area contributed by atoms with Crippen LogP contribution in [0.25, 0.3) is 0 Å². The number of fused-ring (bicyclic) bond motifs is 1. The van der Waals surface area contributed by atoms with Crippen molar-refractivity contribution in [2.24, 2.45) is 0 Å². The van der Waals surface area contributed by atoms with Crippen molar-refractivity contribution in [1.29, 1.82) is 0 Å². The highest BCUT2D eigenvalue weighted by Crippen LogP contribution is 2.31. The highest BCUT2D eigenvalue weighted by molar-refractivity contribution is 6.08. The average molecular weight is 275 g/mol. The molecule has 2 heterocycles. The van der Waals surface area contributed by atoms with E-state index in [2.05, 4.69) is 0 Å². The standard InChI is InChI=1S/C14H13NO5/c16-10(8-15-13(17)3-4-14(15)18)9-1-2-11-12(7-9)20-6-5-19-11/h1-2,7H,3-6,8H2. The Hall–Kier alpha value is -2.37. The first-order valence-corrected chi connectivity index (χ1v) is 6.41. The van der Waals surface area contributed by atoms with Crippen molar-refractivity contribution >= 4 is 17.6 Å². The molecule has 1 fully saturated rings. The van der Waals surface area contributed by atoms with E-state index in [0.29, 0.717) is 30.3 Å². The summed E-state index contributed by atoms with van der Waals surface area (Å²) in [5, 5.41) is 0. The molecule has 3 rings (SSSR count). The van der Waals surface area contributed by atoms with Crippen LogP contribution in [-0.2, 0) is 9.59 Å². The second-order valence-electron chi connectivity index (χ2n) is 4.66. The van der Waals surface area contributed by atoms with Crippen molar-refractivity contribution in [2.45, 2.75) is 12.8 Å². The van der Waals surface area contributed by atoms with Gasteiger partial charge in [0.1, 0.15) is 13.2 Å². The number of carbonyl (C=O) groups excluding carboxylic acids is 3. The number of carbonyl (C=O) groups is 3. The van der Waals surface area contributed by atoms with Crippen molar-refractivity contribution in [3.05, 3.63) is 23.8 Å². The SMILES string of the molecule is O=C(CN1C(=O)CCC1=O)c1ccc2c(c1)OCCO2. The van der Waals surface area contributed by atoms with Crippen LogP contribution in [0.5, 0.6) is 11.5 Å². The second-order valence-corrected chi connectivity index (χ2v) is 4.66. The van der Waals surface area contributed by atoms with Crippen LogP contribution in [0, 0.1) is 0 Å². The lowest BCUT2D eigenvalue weighted by molar-refractivity contribution is -0.137. The van der Waals surface area contributed by atoms with Crippen molar-refractivity contribution < 1.29 is 23.9 Å². The number of nitrogens with zero attached hydrogens (tertiary/aromatic N) is 1. The van der Waals surface area contributed by atoms with Crippen LogP contribution < -0.4 is 9.47 Å². The minimum atomic E-state index is -0.291. The topological polar surface area (TPSA) is 72.9 Å². The first kappa shape index (κ1) is 12.7. The van der Waals surface area contributed by atoms with E-state index < -0.39 is 0 Å². The molecule has 0 N–H and O–H groups in total. The van der Waals surface area contributed by atoms with Gasteiger partial charge in [-0.1, -0.05) is 0 Å². The molecule has 2 aliphatic rings. The van der Waals surface area contributed by atoms with Gasteiger partial charge in [-0.25, -0.2) is 0 Å². The number of hydrogen-bond acceptors (Lipinski definition) is 5. The van der Waals surface area contributed by atoms with E-state index in [1.807, 2.05) is 0 Å². The van der Waals surface area contributed by atoms with E-state index in [4.69, 9.17) is 9.47 Å². The van der Waals surface area contributed by atoms with Crippen LogP contribution in [0.3, 0.4) is 0 Å². The van der Waals surface area contributed by atoms with Crippen LogP contribution in [-0.4, -0.2) is 42.3 Å². The molecule has 20 heavy (non-hydrogen) atoms. The Kier molecular flexibility index (Phi) is 3.14. The lowest BCUT2D eigenvalue weighted by Gasteiger charge is -2.19. The molecule has 0 saturated carbocycles. The summed E-state index contributed by atoms with van der Waals surface area (Å²) < 4.78 is 10.8. The molecule has 104 valence electrons. The molecular weight excluding hydrogens is 262 g/mol. The van der Waals surface area contributed by atoms with Gasteiger partial charge in [-0.15, -0.1) is 0 Å². The van der Waals surface area contributed by atoms with Gasteiger partial charge in [0.15, 0.2) is 17.3 Å². The molecule has 1 saturated heterocycles. The summed E-state index contributed by atoms with van der Waals surface area (Å²) in [5.41, 5.74) is 0.404. The quantitative estimate of drug-likeness (QED) is 0.602. The minimum Gasteiger partial charge on any atom is -0.486 e. The van der Waals surface area contributed by atoms with E-state index in [-0.39, 0.29) is 37.0 Å². The van der Waals surface area contributed by atoms with Crippen molar-refractivity contribution in [3.63, 3.8) is 0 Å². The molecule has 6 heteroatoms. The van der Waals surface area contributed by atoms with Crippen LogP contribution >= 0.6 is 0 Å². The van der Waals surface area contributed by atoms with Crippen LogP contribution in [0.2, 0.25) is 0 Å². The summed E-state index contributed by atoms with van der Waals surface area (Å²) >= 11 is 0. The summed E-state index contributed by atoms with van der Waals surface area (Å²) in [6, 6.07) is 4.86. The smallest absolute Gasteiger partial charge is 0.230 e. The van der Waals surface area contributed by atoms with Gasteiger partial charge in [-0.3, -0.25) is 19.3 Å². The predicted molar refractivity (Wildman–Crippen MR) is 67.7 cm³/mol. The number of likely N-dealkylation sites (tertiary alicyclic amines) is 1. The monoisotopic (exact) mass is 275 g/mol. The van der Waals surface area contributed by atoms with Gasteiger partial charge in [-0.2, -0.15) is 0 Å². The zero-order chi connectivity index (χ0) is 14.1. The average Bonchev–Trinajstić information content (AvgIpc) is 2.78. The van der Waals surface area contributed by atoms with Crippen LogP contribution in [0.15, 0.2) is 18.2 Å². The van der Waals surface area contributed by atoms with Gasteiger partial charge in [0.05, 0.1) is 6.54 Å². The van der Waals surface area contributed by atoms with E-state index in [9.17, 15) is 14.4 Å². The normalized spacial score (nSPS) is 17.5. The maximum Gasteiger partial charge on any atom is 0.230 e. The van der Waals surface area contributed by atoms with Gasteiger partial charge in [0.25, 0.3) is 0 Å². The number of ether oxygens (including phenoxy) is 2. The zero-order valence-electron chi connectivity index (χ0n) is 10.8. The Morgan fingerprint density at radius 2 is 1.70 bits per heavy atom. The summed E-state index contributed by atoms with van der Waals surface area (Å²) in [4.78, 5) is 36.1. The molecule has 0 aliphatic carbocycles. The fourth-order valence-corrected chi connectivity index (χ4v) is 2.25. The maximum atomic E-state index is 12.1. The lowest BCUT2D eigenvalue weighted by atomic mass is 10.1. The van der Waals surface area contributed by atoms with Crippen molar-refractivity contribution in [1.82, 2.24) is 4.90 Å². The van der Waals surface area contributed by atoms with Crippen molar-refractivity contribution in [3.8, 4) is 11.5 Å². The van der Waals surface area contributed by atoms with E-state index in [0.717, 1.165) is 4.90 Å². The Labute approximate surface area is 115 Å². The van der Waals surface area contributed by atoms with Crippen molar-refractivity contribution in [2.75, 3.05) is 19.8 Å². The number of ketones is 1. The molecule has 0 radical (unpaired) electrons. The Morgan fingerprint density at radius 3 is 2.40 bits per heavy atom. The summed E-state index contributed by atoms with van der Waals surface area (Å²) in [7, 11) is 0. The molecule has 1 aromatic rings. The summed E-state index contributed by atoms with van der Waals surface area (Å²) in [6.45, 7) is 0.710. The minimum absolute atomic E-state index is 0.188. The second kappa shape index (κ2) is 4.96. The molecule has 2 amide bonds. The predicted octanol–water partition coefficient (Wildman–Crippen LogP) is 0.790. The van der Waals surface area contributed by atoms with Gasteiger partial charge < -0.3 is 9.47 Å². The first-order chi connectivity index (χ1) is 9.65. The third-order valence-electron chi connectivity index (χ3n) is 3.32. The third kappa shape index (κ3) is 2.24. The number of hydrogen-bond donors (Lipinski definition) is 0. The number of imide groups is 1. The van der Waals surface area contributed by atoms with Gasteiger partial charge in [-0.05, 0) is 18.2 Å². The number of amides is 2. The molecule has 1 aromatic carbocycles. The third-order valence-corrected chi connectivity index (χ3v) is 3.32. The molecule has 0 spiro atoms. The zero-order valence-corrected chi connectivity index (χ0v) is 10.8. The number of Topliss-reactive ketones (excluding diaryl/α,β-unsaturated/α-hetero) is 1. The molecule has 0 aromatic heterocycles. The molecular formula is C14H13NO5. The van der Waals surface area contributed by atoms with Gasteiger partial charge >= 0.3 is 0 Å². The number of rotatable bonds is 3. The molecule has 0 unspecified atom stereocenters. The summed E-state index contributed by atoms with van der Waals surface area (Å²) in [5.74, 6) is 0.245. The largest absolute Gasteiger partial charge is 0.486 e. The highest BCUT2D eigenvalue weighted by Gasteiger charge is 2.30. The molecule has 0 atom stereocenters. The molecule has 6 nitrogen and oxygen atoms in total. The molecule has 0 bridgehead atoms. The summed E-state index contributed by atoms with van der Waals surface area (Å²) in [6.07, 6.45) is 0.376. The number of benzene rings is 1. The van der Waals surface area contributed by atoms with E-state index in [1.54, 1.807) is 18.2 Å².